The number of nitrogens with one attached hydrogen (secondary N) is 1. The largest absolute Gasteiger partial charge is 0.444 e. The fourth-order valence-corrected chi connectivity index (χ4v) is 1.82. The Morgan fingerprint density at radius 2 is 1.95 bits per heavy atom. The number of aromatic nitrogens is 2. The number of anilines is 1. The Morgan fingerprint density at radius 3 is 2.50 bits per heavy atom. The molecule has 1 amide bonds. The van der Waals surface area contributed by atoms with Gasteiger partial charge >= 0.3 is 6.09 Å². The fourth-order valence-electron chi connectivity index (χ4n) is 1.82. The molecule has 2 heterocycles. The second-order valence-electron chi connectivity index (χ2n) is 5.87. The summed E-state index contributed by atoms with van der Waals surface area (Å²) in [6.45, 7) is 5.40. The molecular weight excluding hydrogens is 280 g/mol. The summed E-state index contributed by atoms with van der Waals surface area (Å²) in [6, 6.07) is 6.94. The van der Waals surface area contributed by atoms with Crippen molar-refractivity contribution >= 4 is 11.9 Å². The van der Waals surface area contributed by atoms with Crippen molar-refractivity contribution in [3.05, 3.63) is 54.0 Å². The van der Waals surface area contributed by atoms with E-state index < -0.39 is 11.7 Å². The molecule has 1 atom stereocenters. The predicted molar refractivity (Wildman–Crippen MR) is 84.4 cm³/mol. The van der Waals surface area contributed by atoms with Gasteiger partial charge in [0.25, 0.3) is 0 Å². The Labute approximate surface area is 129 Å². The second-order valence-corrected chi connectivity index (χ2v) is 5.87. The molecule has 0 aliphatic heterocycles. The Kier molecular flexibility index (Phi) is 4.72. The summed E-state index contributed by atoms with van der Waals surface area (Å²) in [5, 5.41) is 2.58. The maximum absolute atomic E-state index is 11.7. The first-order valence-electron chi connectivity index (χ1n) is 6.96. The van der Waals surface area contributed by atoms with Gasteiger partial charge in [-0.15, -0.1) is 0 Å². The van der Waals surface area contributed by atoms with Crippen LogP contribution in [0.1, 0.15) is 37.9 Å². The Balaban J connectivity index is 2.03. The normalized spacial score (nSPS) is 12.5. The number of ether oxygens (including phenoxy) is 1. The third-order valence-corrected chi connectivity index (χ3v) is 2.82. The zero-order chi connectivity index (χ0) is 16.2. The molecule has 6 nitrogen and oxygen atoms in total. The molecule has 3 N–H and O–H groups in total. The first-order valence-corrected chi connectivity index (χ1v) is 6.96. The molecule has 0 spiro atoms. The van der Waals surface area contributed by atoms with Gasteiger partial charge in [0.15, 0.2) is 0 Å². The van der Waals surface area contributed by atoms with Crippen LogP contribution in [0.3, 0.4) is 0 Å². The number of nitrogens with two attached hydrogens (primary N) is 1. The van der Waals surface area contributed by atoms with Crippen LogP contribution in [-0.2, 0) is 4.74 Å². The van der Waals surface area contributed by atoms with Gasteiger partial charge in [-0.2, -0.15) is 0 Å². The van der Waals surface area contributed by atoms with Gasteiger partial charge in [0.05, 0.1) is 6.04 Å². The van der Waals surface area contributed by atoms with E-state index in [0.29, 0.717) is 5.82 Å². The van der Waals surface area contributed by atoms with E-state index in [9.17, 15) is 4.79 Å². The van der Waals surface area contributed by atoms with Crippen molar-refractivity contribution in [2.75, 3.05) is 5.32 Å². The maximum atomic E-state index is 11.7. The van der Waals surface area contributed by atoms with E-state index in [2.05, 4.69) is 15.3 Å². The van der Waals surface area contributed by atoms with Crippen molar-refractivity contribution in [2.24, 2.45) is 5.73 Å². The van der Waals surface area contributed by atoms with Gasteiger partial charge in [-0.05, 0) is 44.0 Å². The highest BCUT2D eigenvalue weighted by Gasteiger charge is 2.16. The maximum Gasteiger partial charge on any atom is 0.413 e. The number of hydrogen-bond acceptors (Lipinski definition) is 5. The van der Waals surface area contributed by atoms with Crippen molar-refractivity contribution < 1.29 is 9.53 Å². The lowest BCUT2D eigenvalue weighted by Gasteiger charge is -2.19. The number of amides is 1. The number of carbonyl (C=O) groups is 1. The molecule has 0 aromatic carbocycles. The monoisotopic (exact) mass is 300 g/mol. The van der Waals surface area contributed by atoms with Crippen LogP contribution in [-0.4, -0.2) is 21.7 Å². The Hall–Kier alpha value is -2.47. The molecule has 0 radical (unpaired) electrons. The Bertz CT molecular complexity index is 621. The summed E-state index contributed by atoms with van der Waals surface area (Å²) >= 11 is 0. The van der Waals surface area contributed by atoms with E-state index in [-0.39, 0.29) is 6.04 Å². The van der Waals surface area contributed by atoms with Crippen LogP contribution in [0.4, 0.5) is 10.6 Å². The van der Waals surface area contributed by atoms with Crippen molar-refractivity contribution in [1.82, 2.24) is 9.97 Å². The molecule has 1 unspecified atom stereocenters. The number of nitrogens with zero attached hydrogens (tertiary/aromatic N) is 2. The molecule has 116 valence electrons. The molecular formula is C16H20N4O2. The molecule has 2 rings (SSSR count). The van der Waals surface area contributed by atoms with Gasteiger partial charge in [0.2, 0.25) is 0 Å². The van der Waals surface area contributed by atoms with E-state index in [1.54, 1.807) is 45.4 Å². The summed E-state index contributed by atoms with van der Waals surface area (Å²) in [5.74, 6) is 0.413. The highest BCUT2D eigenvalue weighted by atomic mass is 16.6. The van der Waals surface area contributed by atoms with Crippen LogP contribution in [0, 0.1) is 0 Å². The van der Waals surface area contributed by atoms with Gasteiger partial charge < -0.3 is 10.5 Å². The molecule has 0 saturated heterocycles. The summed E-state index contributed by atoms with van der Waals surface area (Å²) in [6.07, 6.45) is 4.51. The lowest BCUT2D eigenvalue weighted by Crippen LogP contribution is -2.27. The Morgan fingerprint density at radius 1 is 1.23 bits per heavy atom. The van der Waals surface area contributed by atoms with Crippen LogP contribution in [0.2, 0.25) is 0 Å². The minimum absolute atomic E-state index is 0.309. The van der Waals surface area contributed by atoms with E-state index in [4.69, 9.17) is 10.5 Å². The van der Waals surface area contributed by atoms with Crippen LogP contribution >= 0.6 is 0 Å². The standard InChI is InChI=1S/C16H20N4O2/c1-16(2,3)22-15(21)20-13-7-6-12(10-19-13)14(17)11-5-4-8-18-9-11/h4-10,14H,17H2,1-3H3,(H,19,20,21). The zero-order valence-electron chi connectivity index (χ0n) is 12.9. The number of hydrogen-bond donors (Lipinski definition) is 2. The van der Waals surface area contributed by atoms with Gasteiger partial charge in [0.1, 0.15) is 11.4 Å². The van der Waals surface area contributed by atoms with Crippen molar-refractivity contribution in [2.45, 2.75) is 32.4 Å². The summed E-state index contributed by atoms with van der Waals surface area (Å²) in [5.41, 5.74) is 7.35. The first-order chi connectivity index (χ1) is 10.3. The molecule has 0 bridgehead atoms. The zero-order valence-corrected chi connectivity index (χ0v) is 12.9. The average Bonchev–Trinajstić information content (AvgIpc) is 2.46. The number of pyridine rings is 2. The molecule has 6 heteroatoms. The fraction of sp³-hybridized carbons (Fsp3) is 0.312. The van der Waals surface area contributed by atoms with Crippen LogP contribution in [0.25, 0.3) is 0 Å². The first kappa shape index (κ1) is 15.9. The highest BCUT2D eigenvalue weighted by molar-refractivity contribution is 5.83. The molecule has 2 aromatic heterocycles. The van der Waals surface area contributed by atoms with Gasteiger partial charge in [-0.1, -0.05) is 12.1 Å². The second kappa shape index (κ2) is 6.53. The molecule has 0 aliphatic rings. The number of carbonyl (C=O) groups excluding carboxylic acids is 1. The third-order valence-electron chi connectivity index (χ3n) is 2.82. The van der Waals surface area contributed by atoms with Crippen molar-refractivity contribution in [1.29, 1.82) is 0 Å². The van der Waals surface area contributed by atoms with E-state index in [1.807, 2.05) is 18.2 Å². The quantitative estimate of drug-likeness (QED) is 0.909. The van der Waals surface area contributed by atoms with Gasteiger partial charge in [0, 0.05) is 18.6 Å². The topological polar surface area (TPSA) is 90.1 Å². The molecule has 0 fully saturated rings. The molecule has 0 saturated carbocycles. The van der Waals surface area contributed by atoms with Crippen LogP contribution in [0.15, 0.2) is 42.9 Å². The summed E-state index contributed by atoms with van der Waals surface area (Å²) < 4.78 is 5.17. The molecule has 22 heavy (non-hydrogen) atoms. The highest BCUT2D eigenvalue weighted by Crippen LogP contribution is 2.19. The van der Waals surface area contributed by atoms with Crippen molar-refractivity contribution in [3.63, 3.8) is 0 Å². The van der Waals surface area contributed by atoms with E-state index in [0.717, 1.165) is 11.1 Å². The number of rotatable bonds is 3. The summed E-state index contributed by atoms with van der Waals surface area (Å²) in [7, 11) is 0. The predicted octanol–water partition coefficient (Wildman–Crippen LogP) is 2.87. The smallest absolute Gasteiger partial charge is 0.413 e. The third kappa shape index (κ3) is 4.53. The van der Waals surface area contributed by atoms with Crippen LogP contribution < -0.4 is 11.1 Å². The lowest BCUT2D eigenvalue weighted by atomic mass is 10.0. The average molecular weight is 300 g/mol. The lowest BCUT2D eigenvalue weighted by molar-refractivity contribution is 0.0635. The summed E-state index contributed by atoms with van der Waals surface area (Å²) in [4.78, 5) is 19.9. The van der Waals surface area contributed by atoms with Crippen molar-refractivity contribution in [3.8, 4) is 0 Å². The molecule has 0 aliphatic carbocycles. The molecule has 2 aromatic rings. The SMILES string of the molecule is CC(C)(C)OC(=O)Nc1ccc(C(N)c2cccnc2)cn1. The van der Waals surface area contributed by atoms with Crippen LogP contribution in [0.5, 0.6) is 0 Å². The van der Waals surface area contributed by atoms with E-state index in [1.165, 1.54) is 0 Å². The van der Waals surface area contributed by atoms with Gasteiger partial charge in [-0.25, -0.2) is 9.78 Å². The minimum Gasteiger partial charge on any atom is -0.444 e. The van der Waals surface area contributed by atoms with E-state index >= 15 is 0 Å². The van der Waals surface area contributed by atoms with Gasteiger partial charge in [-0.3, -0.25) is 10.3 Å². The minimum atomic E-state index is -0.549.